The summed E-state index contributed by atoms with van der Waals surface area (Å²) in [7, 11) is 0. The quantitative estimate of drug-likeness (QED) is 0.695. The van der Waals surface area contributed by atoms with Crippen LogP contribution in [-0.4, -0.2) is 29.8 Å². The van der Waals surface area contributed by atoms with E-state index in [0.29, 0.717) is 5.82 Å². The van der Waals surface area contributed by atoms with E-state index in [0.717, 1.165) is 38.8 Å². The number of rotatable bonds is 10. The molecular formula is C17H31N3O. The van der Waals surface area contributed by atoms with Crippen LogP contribution in [0.15, 0.2) is 18.3 Å². The van der Waals surface area contributed by atoms with E-state index in [9.17, 15) is 0 Å². The van der Waals surface area contributed by atoms with Crippen molar-refractivity contribution in [1.29, 1.82) is 0 Å². The van der Waals surface area contributed by atoms with Crippen LogP contribution in [0, 0.1) is 0 Å². The first-order valence-corrected chi connectivity index (χ1v) is 8.19. The van der Waals surface area contributed by atoms with Crippen molar-refractivity contribution in [2.75, 3.05) is 18.9 Å². The molecular weight excluding hydrogens is 262 g/mol. The van der Waals surface area contributed by atoms with Crippen LogP contribution < -0.4 is 11.1 Å². The van der Waals surface area contributed by atoms with Crippen LogP contribution in [0.1, 0.15) is 52.5 Å². The molecule has 120 valence electrons. The van der Waals surface area contributed by atoms with Crippen LogP contribution in [0.25, 0.3) is 0 Å². The number of nitrogen functional groups attached to an aromatic ring is 1. The number of hydrogen-bond acceptors (Lipinski definition) is 4. The summed E-state index contributed by atoms with van der Waals surface area (Å²) in [6.07, 6.45) is 5.80. The second kappa shape index (κ2) is 9.00. The highest BCUT2D eigenvalue weighted by Gasteiger charge is 2.36. The standard InChI is InChI=1S/C17H31N3O/c1-5-10-19-15(17(6-2,7-3)21-8-4)12-14-9-11-20-16(18)13-14/h9,11,13,15,19H,5-8,10,12H2,1-4H3,(H2,18,20). The van der Waals surface area contributed by atoms with Gasteiger partial charge in [-0.05, 0) is 56.8 Å². The molecule has 1 rings (SSSR count). The Balaban J connectivity index is 2.96. The molecule has 0 radical (unpaired) electrons. The largest absolute Gasteiger partial charge is 0.384 e. The third kappa shape index (κ3) is 4.97. The van der Waals surface area contributed by atoms with Crippen LogP contribution in [0.2, 0.25) is 0 Å². The summed E-state index contributed by atoms with van der Waals surface area (Å²) in [5.41, 5.74) is 6.89. The third-order valence-electron chi connectivity index (χ3n) is 4.19. The van der Waals surface area contributed by atoms with Gasteiger partial charge in [0.2, 0.25) is 0 Å². The van der Waals surface area contributed by atoms with Gasteiger partial charge in [0.25, 0.3) is 0 Å². The van der Waals surface area contributed by atoms with Crippen LogP contribution in [0.5, 0.6) is 0 Å². The first-order chi connectivity index (χ1) is 10.1. The lowest BCUT2D eigenvalue weighted by atomic mass is 9.84. The summed E-state index contributed by atoms with van der Waals surface area (Å²) in [4.78, 5) is 4.07. The summed E-state index contributed by atoms with van der Waals surface area (Å²) in [5.74, 6) is 0.580. The van der Waals surface area contributed by atoms with E-state index in [2.05, 4.69) is 38.0 Å². The van der Waals surface area contributed by atoms with Crippen LogP contribution in [-0.2, 0) is 11.2 Å². The van der Waals surface area contributed by atoms with Gasteiger partial charge >= 0.3 is 0 Å². The summed E-state index contributed by atoms with van der Waals surface area (Å²) in [6.45, 7) is 10.4. The highest BCUT2D eigenvalue weighted by Crippen LogP contribution is 2.27. The molecule has 1 aromatic rings. The Kier molecular flexibility index (Phi) is 7.68. The average molecular weight is 293 g/mol. The highest BCUT2D eigenvalue weighted by atomic mass is 16.5. The van der Waals surface area contributed by atoms with Gasteiger partial charge in [-0.1, -0.05) is 20.8 Å². The van der Waals surface area contributed by atoms with Gasteiger partial charge in [0.1, 0.15) is 5.82 Å². The lowest BCUT2D eigenvalue weighted by molar-refractivity contribution is -0.0718. The lowest BCUT2D eigenvalue weighted by Gasteiger charge is -2.40. The zero-order chi connectivity index (χ0) is 15.7. The molecule has 1 heterocycles. The Labute approximate surface area is 129 Å². The SMILES string of the molecule is CCCNC(Cc1ccnc(N)c1)C(CC)(CC)OCC. The molecule has 1 unspecified atom stereocenters. The molecule has 0 aromatic carbocycles. The van der Waals surface area contributed by atoms with E-state index in [-0.39, 0.29) is 11.6 Å². The highest BCUT2D eigenvalue weighted by molar-refractivity contribution is 5.32. The Morgan fingerprint density at radius 1 is 1.29 bits per heavy atom. The number of hydrogen-bond donors (Lipinski definition) is 2. The zero-order valence-electron chi connectivity index (χ0n) is 14.0. The van der Waals surface area contributed by atoms with Gasteiger partial charge < -0.3 is 15.8 Å². The number of nitrogens with zero attached hydrogens (tertiary/aromatic N) is 1. The second-order valence-electron chi connectivity index (χ2n) is 5.50. The molecule has 0 saturated heterocycles. The normalized spacial score (nSPS) is 13.3. The monoisotopic (exact) mass is 293 g/mol. The van der Waals surface area contributed by atoms with Crippen LogP contribution >= 0.6 is 0 Å². The minimum atomic E-state index is -0.123. The van der Waals surface area contributed by atoms with E-state index in [1.165, 1.54) is 5.56 Å². The Morgan fingerprint density at radius 2 is 2.00 bits per heavy atom. The molecule has 0 aliphatic carbocycles. The number of aromatic nitrogens is 1. The molecule has 0 aliphatic heterocycles. The molecule has 4 nitrogen and oxygen atoms in total. The van der Waals surface area contributed by atoms with Crippen LogP contribution in [0.4, 0.5) is 5.82 Å². The van der Waals surface area contributed by atoms with Crippen molar-refractivity contribution in [2.24, 2.45) is 0 Å². The van der Waals surface area contributed by atoms with E-state index < -0.39 is 0 Å². The molecule has 0 spiro atoms. The summed E-state index contributed by atoms with van der Waals surface area (Å²) < 4.78 is 6.18. The number of nitrogens with one attached hydrogen (secondary N) is 1. The minimum Gasteiger partial charge on any atom is -0.384 e. The third-order valence-corrected chi connectivity index (χ3v) is 4.19. The smallest absolute Gasteiger partial charge is 0.123 e. The summed E-state index contributed by atoms with van der Waals surface area (Å²) >= 11 is 0. The summed E-state index contributed by atoms with van der Waals surface area (Å²) in [6, 6.07) is 4.29. The molecule has 0 fully saturated rings. The number of anilines is 1. The molecule has 3 N–H and O–H groups in total. The maximum atomic E-state index is 6.18. The van der Waals surface area contributed by atoms with Crippen LogP contribution in [0.3, 0.4) is 0 Å². The Morgan fingerprint density at radius 3 is 2.52 bits per heavy atom. The van der Waals surface area contributed by atoms with Gasteiger partial charge in [0.05, 0.1) is 5.60 Å². The van der Waals surface area contributed by atoms with Crippen molar-refractivity contribution in [3.05, 3.63) is 23.9 Å². The zero-order valence-corrected chi connectivity index (χ0v) is 14.0. The van der Waals surface area contributed by atoms with Gasteiger partial charge in [-0.25, -0.2) is 4.98 Å². The lowest BCUT2D eigenvalue weighted by Crippen LogP contribution is -2.53. The molecule has 0 amide bonds. The minimum absolute atomic E-state index is 0.123. The predicted molar refractivity (Wildman–Crippen MR) is 89.4 cm³/mol. The molecule has 0 aliphatic rings. The van der Waals surface area contributed by atoms with E-state index in [1.54, 1.807) is 6.20 Å². The number of ether oxygens (including phenoxy) is 1. The average Bonchev–Trinajstić information content (AvgIpc) is 2.49. The molecule has 0 bridgehead atoms. The van der Waals surface area contributed by atoms with Gasteiger partial charge in [-0.2, -0.15) is 0 Å². The maximum Gasteiger partial charge on any atom is 0.123 e. The fraction of sp³-hybridized carbons (Fsp3) is 0.706. The van der Waals surface area contributed by atoms with Gasteiger partial charge in [0.15, 0.2) is 0 Å². The second-order valence-corrected chi connectivity index (χ2v) is 5.50. The molecule has 4 heteroatoms. The first kappa shape index (κ1) is 17.9. The number of pyridine rings is 1. The van der Waals surface area contributed by atoms with Crippen molar-refractivity contribution in [2.45, 2.75) is 65.0 Å². The van der Waals surface area contributed by atoms with E-state index >= 15 is 0 Å². The van der Waals surface area contributed by atoms with E-state index in [1.807, 2.05) is 12.1 Å². The molecule has 21 heavy (non-hydrogen) atoms. The van der Waals surface area contributed by atoms with Crippen molar-refractivity contribution < 1.29 is 4.74 Å². The van der Waals surface area contributed by atoms with Gasteiger partial charge in [-0.3, -0.25) is 0 Å². The molecule has 1 atom stereocenters. The van der Waals surface area contributed by atoms with Crippen molar-refractivity contribution in [3.63, 3.8) is 0 Å². The van der Waals surface area contributed by atoms with Crippen molar-refractivity contribution in [3.8, 4) is 0 Å². The maximum absolute atomic E-state index is 6.18. The fourth-order valence-corrected chi connectivity index (χ4v) is 2.95. The number of nitrogens with two attached hydrogens (primary N) is 1. The molecule has 0 saturated carbocycles. The van der Waals surface area contributed by atoms with Gasteiger partial charge in [-0.15, -0.1) is 0 Å². The van der Waals surface area contributed by atoms with Crippen molar-refractivity contribution >= 4 is 5.82 Å². The van der Waals surface area contributed by atoms with Gasteiger partial charge in [0, 0.05) is 18.8 Å². The first-order valence-electron chi connectivity index (χ1n) is 8.19. The predicted octanol–water partition coefficient (Wildman–Crippen LogP) is 3.17. The van der Waals surface area contributed by atoms with E-state index in [4.69, 9.17) is 10.5 Å². The fourth-order valence-electron chi connectivity index (χ4n) is 2.95. The topological polar surface area (TPSA) is 60.2 Å². The molecule has 1 aromatic heterocycles. The summed E-state index contributed by atoms with van der Waals surface area (Å²) in [5, 5.41) is 3.68. The Bertz CT molecular complexity index is 405. The van der Waals surface area contributed by atoms with Crippen molar-refractivity contribution in [1.82, 2.24) is 10.3 Å². The Hall–Kier alpha value is -1.13.